The number of hydrogen-bond donors (Lipinski definition) is 1. The Kier molecular flexibility index (Phi) is 4.38. The van der Waals surface area contributed by atoms with Crippen LogP contribution >= 0.6 is 27.5 Å². The molecule has 18 heavy (non-hydrogen) atoms. The van der Waals surface area contributed by atoms with E-state index in [-0.39, 0.29) is 11.9 Å². The van der Waals surface area contributed by atoms with Crippen LogP contribution in [0.5, 0.6) is 0 Å². The van der Waals surface area contributed by atoms with Crippen molar-refractivity contribution in [2.45, 2.75) is 6.04 Å². The maximum Gasteiger partial charge on any atom is 0.123 e. The van der Waals surface area contributed by atoms with Crippen molar-refractivity contribution < 1.29 is 4.39 Å². The quantitative estimate of drug-likeness (QED) is 0.871. The van der Waals surface area contributed by atoms with E-state index >= 15 is 0 Å². The molecule has 0 saturated heterocycles. The average molecular weight is 329 g/mol. The Labute approximate surface area is 119 Å². The first-order valence-electron chi connectivity index (χ1n) is 5.50. The molecule has 94 valence electrons. The van der Waals surface area contributed by atoms with E-state index < -0.39 is 0 Å². The smallest absolute Gasteiger partial charge is 0.123 e. The van der Waals surface area contributed by atoms with Crippen molar-refractivity contribution in [3.05, 3.63) is 68.9 Å². The van der Waals surface area contributed by atoms with Gasteiger partial charge in [-0.05, 0) is 52.3 Å². The Bertz CT molecular complexity index is 559. The van der Waals surface area contributed by atoms with Gasteiger partial charge in [-0.2, -0.15) is 0 Å². The molecule has 0 fully saturated rings. The molecule has 0 radical (unpaired) electrons. The molecule has 0 spiro atoms. The lowest BCUT2D eigenvalue weighted by atomic mass is 9.99. The largest absolute Gasteiger partial charge is 0.309 e. The minimum absolute atomic E-state index is 0.134. The Hall–Kier alpha value is -0.900. The fourth-order valence-electron chi connectivity index (χ4n) is 1.93. The summed E-state index contributed by atoms with van der Waals surface area (Å²) in [5, 5.41) is 3.80. The second kappa shape index (κ2) is 5.83. The van der Waals surface area contributed by atoms with Crippen LogP contribution in [0.15, 0.2) is 46.9 Å². The highest BCUT2D eigenvalue weighted by molar-refractivity contribution is 9.10. The van der Waals surface area contributed by atoms with Crippen LogP contribution in [-0.2, 0) is 0 Å². The van der Waals surface area contributed by atoms with Crippen LogP contribution in [0.3, 0.4) is 0 Å². The lowest BCUT2D eigenvalue weighted by Crippen LogP contribution is -2.18. The predicted octanol–water partition coefficient (Wildman–Crippen LogP) is 4.55. The van der Waals surface area contributed by atoms with E-state index in [1.54, 1.807) is 6.07 Å². The number of hydrogen-bond acceptors (Lipinski definition) is 1. The van der Waals surface area contributed by atoms with Crippen LogP contribution in [0.2, 0.25) is 5.02 Å². The van der Waals surface area contributed by atoms with Gasteiger partial charge in [0.2, 0.25) is 0 Å². The Morgan fingerprint density at radius 2 is 1.94 bits per heavy atom. The number of halogens is 3. The van der Waals surface area contributed by atoms with Gasteiger partial charge in [0.15, 0.2) is 0 Å². The Morgan fingerprint density at radius 3 is 2.61 bits per heavy atom. The van der Waals surface area contributed by atoms with Gasteiger partial charge in [0.05, 0.1) is 11.1 Å². The fraction of sp³-hybridized carbons (Fsp3) is 0.143. The molecule has 0 aliphatic heterocycles. The molecule has 0 amide bonds. The minimum atomic E-state index is -0.251. The molecule has 0 aliphatic carbocycles. The van der Waals surface area contributed by atoms with E-state index in [9.17, 15) is 4.39 Å². The van der Waals surface area contributed by atoms with Crippen LogP contribution in [0, 0.1) is 5.82 Å². The lowest BCUT2D eigenvalue weighted by molar-refractivity contribution is 0.617. The molecule has 1 atom stereocenters. The van der Waals surface area contributed by atoms with Crippen LogP contribution in [-0.4, -0.2) is 7.05 Å². The van der Waals surface area contributed by atoms with Crippen LogP contribution in [0.4, 0.5) is 4.39 Å². The first-order chi connectivity index (χ1) is 8.63. The summed E-state index contributed by atoms with van der Waals surface area (Å²) in [7, 11) is 1.83. The van der Waals surface area contributed by atoms with Crippen LogP contribution in [0.1, 0.15) is 17.2 Å². The van der Waals surface area contributed by atoms with Crippen molar-refractivity contribution in [3.8, 4) is 0 Å². The topological polar surface area (TPSA) is 12.0 Å². The van der Waals surface area contributed by atoms with Crippen LogP contribution < -0.4 is 5.32 Å². The molecule has 2 aromatic rings. The van der Waals surface area contributed by atoms with Gasteiger partial charge in [-0.15, -0.1) is 0 Å². The second-order valence-corrected chi connectivity index (χ2v) is 5.15. The summed E-state index contributed by atoms with van der Waals surface area (Å²) in [6.07, 6.45) is 0. The molecule has 0 saturated carbocycles. The molecule has 4 heteroatoms. The fourth-order valence-corrected chi connectivity index (χ4v) is 2.55. The zero-order chi connectivity index (χ0) is 13.1. The number of benzene rings is 2. The van der Waals surface area contributed by atoms with Gasteiger partial charge in [0.25, 0.3) is 0 Å². The van der Waals surface area contributed by atoms with Gasteiger partial charge in [-0.3, -0.25) is 0 Å². The summed E-state index contributed by atoms with van der Waals surface area (Å²) in [4.78, 5) is 0. The highest BCUT2D eigenvalue weighted by Gasteiger charge is 2.16. The summed E-state index contributed by atoms with van der Waals surface area (Å²) in [5.74, 6) is -0.251. The molecule has 0 heterocycles. The highest BCUT2D eigenvalue weighted by Crippen LogP contribution is 2.33. The van der Waals surface area contributed by atoms with Gasteiger partial charge in [-0.1, -0.05) is 35.9 Å². The van der Waals surface area contributed by atoms with Gasteiger partial charge < -0.3 is 5.32 Å². The van der Waals surface area contributed by atoms with E-state index in [0.29, 0.717) is 5.02 Å². The minimum Gasteiger partial charge on any atom is -0.309 e. The van der Waals surface area contributed by atoms with Crippen molar-refractivity contribution >= 4 is 27.5 Å². The van der Waals surface area contributed by atoms with Gasteiger partial charge in [0.1, 0.15) is 5.82 Å². The van der Waals surface area contributed by atoms with E-state index in [2.05, 4.69) is 21.2 Å². The van der Waals surface area contributed by atoms with E-state index in [1.165, 1.54) is 12.1 Å². The van der Waals surface area contributed by atoms with Crippen molar-refractivity contribution in [2.24, 2.45) is 0 Å². The molecule has 0 aromatic heterocycles. The SMILES string of the molecule is CNC(c1cccc(F)c1)c1cccc(Br)c1Cl. The van der Waals surface area contributed by atoms with Crippen molar-refractivity contribution in [1.29, 1.82) is 0 Å². The summed E-state index contributed by atoms with van der Waals surface area (Å²) in [5.41, 5.74) is 1.76. The summed E-state index contributed by atoms with van der Waals surface area (Å²) >= 11 is 9.67. The molecule has 1 N–H and O–H groups in total. The number of rotatable bonds is 3. The first kappa shape index (κ1) is 13.5. The summed E-state index contributed by atoms with van der Waals surface area (Å²) < 4.78 is 14.1. The third-order valence-electron chi connectivity index (χ3n) is 2.76. The maximum atomic E-state index is 13.3. The van der Waals surface area contributed by atoms with E-state index in [1.807, 2.05) is 31.3 Å². The molecule has 0 aliphatic rings. The van der Waals surface area contributed by atoms with Crippen molar-refractivity contribution in [2.75, 3.05) is 7.05 Å². The summed E-state index contributed by atoms with van der Waals surface area (Å²) in [6, 6.07) is 12.1. The molecule has 0 bridgehead atoms. The molecular formula is C14H12BrClFN. The van der Waals surface area contributed by atoms with E-state index in [0.717, 1.165) is 15.6 Å². The van der Waals surface area contributed by atoms with Gasteiger partial charge in [0, 0.05) is 4.47 Å². The predicted molar refractivity (Wildman–Crippen MR) is 76.5 cm³/mol. The highest BCUT2D eigenvalue weighted by atomic mass is 79.9. The molecular weight excluding hydrogens is 317 g/mol. The van der Waals surface area contributed by atoms with E-state index in [4.69, 9.17) is 11.6 Å². The third-order valence-corrected chi connectivity index (χ3v) is 4.07. The molecule has 2 aromatic carbocycles. The maximum absolute atomic E-state index is 13.3. The van der Waals surface area contributed by atoms with Gasteiger partial charge in [-0.25, -0.2) is 4.39 Å². The van der Waals surface area contributed by atoms with Crippen molar-refractivity contribution in [3.63, 3.8) is 0 Å². The zero-order valence-corrected chi connectivity index (χ0v) is 12.1. The molecule has 1 unspecified atom stereocenters. The molecule has 1 nitrogen and oxygen atoms in total. The monoisotopic (exact) mass is 327 g/mol. The normalized spacial score (nSPS) is 12.4. The first-order valence-corrected chi connectivity index (χ1v) is 6.67. The third kappa shape index (κ3) is 2.74. The average Bonchev–Trinajstić information content (AvgIpc) is 2.35. The van der Waals surface area contributed by atoms with Crippen molar-refractivity contribution in [1.82, 2.24) is 5.32 Å². The summed E-state index contributed by atoms with van der Waals surface area (Å²) in [6.45, 7) is 0. The molecule has 2 rings (SSSR count). The lowest BCUT2D eigenvalue weighted by Gasteiger charge is -2.19. The Balaban J connectivity index is 2.49. The Morgan fingerprint density at radius 1 is 1.22 bits per heavy atom. The second-order valence-electron chi connectivity index (χ2n) is 3.92. The van der Waals surface area contributed by atoms with Gasteiger partial charge >= 0.3 is 0 Å². The van der Waals surface area contributed by atoms with Crippen LogP contribution in [0.25, 0.3) is 0 Å². The standard InChI is InChI=1S/C14H12BrClFN/c1-18-14(9-4-2-5-10(17)8-9)11-6-3-7-12(15)13(11)16/h2-8,14,18H,1H3. The number of nitrogens with one attached hydrogen (secondary N) is 1. The zero-order valence-electron chi connectivity index (χ0n) is 9.75.